The Morgan fingerprint density at radius 3 is 2.64 bits per heavy atom. The molecule has 0 aliphatic rings. The van der Waals surface area contributed by atoms with E-state index in [-0.39, 0.29) is 18.2 Å². The summed E-state index contributed by atoms with van der Waals surface area (Å²) in [5.74, 6) is 0.217. The zero-order valence-electron chi connectivity index (χ0n) is 5.63. The first-order valence-electron chi connectivity index (χ1n) is 2.75. The molecule has 0 bridgehead atoms. The fraction of sp³-hybridized carbons (Fsp3) is 0.167. The average Bonchev–Trinajstić information content (AvgIpc) is 2.13. The van der Waals surface area contributed by atoms with E-state index in [1.165, 1.54) is 0 Å². The van der Waals surface area contributed by atoms with Crippen molar-refractivity contribution in [3.63, 3.8) is 0 Å². The largest absolute Gasteiger partial charge is 0.387 e. The van der Waals surface area contributed by atoms with Gasteiger partial charge in [0.2, 0.25) is 0 Å². The molecule has 0 fully saturated rings. The molecule has 0 spiro atoms. The molecule has 5 heteroatoms. The number of amidine groups is 1. The fourth-order valence-electron chi connectivity index (χ4n) is 0.634. The Hall–Kier alpha value is -0.0600. The van der Waals surface area contributed by atoms with Crippen LogP contribution in [0.3, 0.4) is 0 Å². The summed E-state index contributed by atoms with van der Waals surface area (Å²) in [7, 11) is 0. The summed E-state index contributed by atoms with van der Waals surface area (Å²) >= 11 is 4.94. The second-order valence-electron chi connectivity index (χ2n) is 1.91. The van der Waals surface area contributed by atoms with Gasteiger partial charge in [-0.15, -0.1) is 23.7 Å². The predicted octanol–water partition coefficient (Wildman–Crippen LogP) is 2.41. The Labute approximate surface area is 83.8 Å². The summed E-state index contributed by atoms with van der Waals surface area (Å²) in [5.41, 5.74) is 5.21. The lowest BCUT2D eigenvalue weighted by Gasteiger charge is -1.90. The van der Waals surface area contributed by atoms with Crippen molar-refractivity contribution in [2.75, 3.05) is 0 Å². The Balaban J connectivity index is 0.000001000. The number of nitrogens with one attached hydrogen (secondary N) is 1. The van der Waals surface area contributed by atoms with Crippen LogP contribution in [0.2, 0.25) is 0 Å². The summed E-state index contributed by atoms with van der Waals surface area (Å²) in [6.45, 7) is 0. The molecule has 0 radical (unpaired) electrons. The quantitative estimate of drug-likeness (QED) is 0.619. The van der Waals surface area contributed by atoms with E-state index in [4.69, 9.17) is 11.1 Å². The molecule has 0 amide bonds. The van der Waals surface area contributed by atoms with E-state index < -0.39 is 0 Å². The van der Waals surface area contributed by atoms with Crippen molar-refractivity contribution in [2.45, 2.75) is 6.42 Å². The minimum absolute atomic E-state index is 0. The maximum Gasteiger partial charge on any atom is 0.0958 e. The van der Waals surface area contributed by atoms with Gasteiger partial charge in [-0.2, -0.15) is 0 Å². The van der Waals surface area contributed by atoms with Crippen LogP contribution >= 0.6 is 39.7 Å². The molecule has 1 aromatic rings. The number of hydrogen-bond acceptors (Lipinski definition) is 2. The Morgan fingerprint density at radius 1 is 1.64 bits per heavy atom. The normalized spacial score (nSPS) is 8.82. The van der Waals surface area contributed by atoms with E-state index in [9.17, 15) is 0 Å². The van der Waals surface area contributed by atoms with Crippen molar-refractivity contribution >= 4 is 45.5 Å². The average molecular weight is 256 g/mol. The molecule has 62 valence electrons. The van der Waals surface area contributed by atoms with Crippen LogP contribution in [0, 0.1) is 5.41 Å². The molecular formula is C6H8BrClN2S. The molecule has 0 aliphatic heterocycles. The van der Waals surface area contributed by atoms with Gasteiger partial charge in [0.15, 0.2) is 0 Å². The minimum Gasteiger partial charge on any atom is -0.387 e. The van der Waals surface area contributed by atoms with Crippen LogP contribution in [0.25, 0.3) is 0 Å². The van der Waals surface area contributed by atoms with Gasteiger partial charge in [-0.3, -0.25) is 5.41 Å². The van der Waals surface area contributed by atoms with Gasteiger partial charge in [0.1, 0.15) is 0 Å². The summed E-state index contributed by atoms with van der Waals surface area (Å²) in [6.07, 6.45) is 0.566. The third kappa shape index (κ3) is 3.74. The van der Waals surface area contributed by atoms with Crippen LogP contribution in [0.5, 0.6) is 0 Å². The van der Waals surface area contributed by atoms with Gasteiger partial charge in [-0.05, 0) is 28.1 Å². The topological polar surface area (TPSA) is 49.9 Å². The molecule has 0 aliphatic carbocycles. The zero-order valence-corrected chi connectivity index (χ0v) is 8.85. The Kier molecular flexibility index (Phi) is 4.72. The third-order valence-electron chi connectivity index (χ3n) is 0.994. The lowest BCUT2D eigenvalue weighted by molar-refractivity contribution is 1.29. The van der Waals surface area contributed by atoms with Crippen molar-refractivity contribution in [3.8, 4) is 0 Å². The van der Waals surface area contributed by atoms with Crippen molar-refractivity contribution < 1.29 is 0 Å². The molecule has 0 unspecified atom stereocenters. The highest BCUT2D eigenvalue weighted by Crippen LogP contribution is 2.21. The van der Waals surface area contributed by atoms with Gasteiger partial charge in [0, 0.05) is 11.3 Å². The predicted molar refractivity (Wildman–Crippen MR) is 54.9 cm³/mol. The van der Waals surface area contributed by atoms with Gasteiger partial charge < -0.3 is 5.73 Å². The molecule has 0 saturated carbocycles. The molecule has 0 atom stereocenters. The molecule has 1 heterocycles. The number of rotatable bonds is 2. The molecule has 11 heavy (non-hydrogen) atoms. The highest BCUT2D eigenvalue weighted by molar-refractivity contribution is 9.11. The summed E-state index contributed by atoms with van der Waals surface area (Å²) < 4.78 is 1.09. The van der Waals surface area contributed by atoms with Crippen LogP contribution in [0.1, 0.15) is 4.88 Å². The van der Waals surface area contributed by atoms with Gasteiger partial charge in [-0.1, -0.05) is 0 Å². The molecule has 3 N–H and O–H groups in total. The molecule has 0 saturated heterocycles. The number of hydrogen-bond donors (Lipinski definition) is 2. The first-order valence-corrected chi connectivity index (χ1v) is 4.36. The van der Waals surface area contributed by atoms with Crippen molar-refractivity contribution in [1.82, 2.24) is 0 Å². The standard InChI is InChI=1S/C6H7BrN2S.ClH/c7-5-2-1-4(10-5)3-6(8)9;/h1-2H,3H2,(H3,8,9);1H. The maximum absolute atomic E-state index is 7.01. The van der Waals surface area contributed by atoms with Crippen molar-refractivity contribution in [1.29, 1.82) is 5.41 Å². The molecular weight excluding hydrogens is 248 g/mol. The lowest BCUT2D eigenvalue weighted by Crippen LogP contribution is -2.11. The highest BCUT2D eigenvalue weighted by atomic mass is 79.9. The summed E-state index contributed by atoms with van der Waals surface area (Å²) in [4.78, 5) is 1.12. The van der Waals surface area contributed by atoms with Gasteiger partial charge in [0.25, 0.3) is 0 Å². The fourth-order valence-corrected chi connectivity index (χ4v) is 2.14. The smallest absolute Gasteiger partial charge is 0.0958 e. The van der Waals surface area contributed by atoms with E-state index in [1.807, 2.05) is 12.1 Å². The van der Waals surface area contributed by atoms with Crippen molar-refractivity contribution in [2.24, 2.45) is 5.73 Å². The maximum atomic E-state index is 7.01. The molecule has 0 aromatic carbocycles. The van der Waals surface area contributed by atoms with E-state index in [2.05, 4.69) is 15.9 Å². The van der Waals surface area contributed by atoms with Gasteiger partial charge in [0.05, 0.1) is 9.62 Å². The highest BCUT2D eigenvalue weighted by Gasteiger charge is 1.97. The van der Waals surface area contributed by atoms with Crippen LogP contribution < -0.4 is 5.73 Å². The van der Waals surface area contributed by atoms with E-state index >= 15 is 0 Å². The SMILES string of the molecule is Cl.N=C(N)Cc1ccc(Br)s1. The van der Waals surface area contributed by atoms with Crippen molar-refractivity contribution in [3.05, 3.63) is 20.8 Å². The monoisotopic (exact) mass is 254 g/mol. The minimum atomic E-state index is 0. The van der Waals surface area contributed by atoms with E-state index in [0.29, 0.717) is 6.42 Å². The summed E-state index contributed by atoms with van der Waals surface area (Å²) in [5, 5.41) is 7.01. The van der Waals surface area contributed by atoms with E-state index in [1.54, 1.807) is 11.3 Å². The third-order valence-corrected chi connectivity index (χ3v) is 2.62. The second-order valence-corrected chi connectivity index (χ2v) is 4.46. The number of halogens is 2. The first kappa shape index (κ1) is 10.9. The Morgan fingerprint density at radius 2 is 2.27 bits per heavy atom. The first-order chi connectivity index (χ1) is 4.68. The molecule has 1 rings (SSSR count). The Bertz CT molecular complexity index is 248. The molecule has 1 aromatic heterocycles. The molecule has 2 nitrogen and oxygen atoms in total. The van der Waals surface area contributed by atoms with E-state index in [0.717, 1.165) is 8.66 Å². The zero-order chi connectivity index (χ0) is 7.56. The number of thiophene rings is 1. The van der Waals surface area contributed by atoms with Gasteiger partial charge in [-0.25, -0.2) is 0 Å². The van der Waals surface area contributed by atoms with Crippen LogP contribution in [-0.4, -0.2) is 5.84 Å². The second kappa shape index (κ2) is 4.74. The van der Waals surface area contributed by atoms with Crippen LogP contribution in [0.4, 0.5) is 0 Å². The summed E-state index contributed by atoms with van der Waals surface area (Å²) in [6, 6.07) is 3.93. The van der Waals surface area contributed by atoms with Gasteiger partial charge >= 0.3 is 0 Å². The van der Waals surface area contributed by atoms with Crippen LogP contribution in [0.15, 0.2) is 15.9 Å². The van der Waals surface area contributed by atoms with Crippen LogP contribution in [-0.2, 0) is 6.42 Å². The number of nitrogens with two attached hydrogens (primary N) is 1. The lowest BCUT2D eigenvalue weighted by atomic mass is 10.3.